The average molecular weight is 293 g/mol. The molecule has 1 atom stereocenters. The Labute approximate surface area is 120 Å². The molecule has 1 aromatic rings. The summed E-state index contributed by atoms with van der Waals surface area (Å²) in [5.74, 6) is -1.75. The van der Waals surface area contributed by atoms with Crippen LogP contribution in [0, 0.1) is 15.5 Å². The predicted molar refractivity (Wildman–Crippen MR) is 74.2 cm³/mol. The van der Waals surface area contributed by atoms with E-state index in [1.807, 2.05) is 0 Å². The van der Waals surface area contributed by atoms with Crippen molar-refractivity contribution in [3.63, 3.8) is 0 Å². The predicted octanol–water partition coefficient (Wildman–Crippen LogP) is 0.995. The van der Waals surface area contributed by atoms with Gasteiger partial charge in [-0.1, -0.05) is 6.07 Å². The van der Waals surface area contributed by atoms with E-state index in [4.69, 9.17) is 5.73 Å². The Morgan fingerprint density at radius 2 is 2.14 bits per heavy atom. The van der Waals surface area contributed by atoms with Crippen LogP contribution < -0.4 is 10.6 Å². The van der Waals surface area contributed by atoms with Crippen molar-refractivity contribution in [3.8, 4) is 0 Å². The lowest BCUT2D eigenvalue weighted by Gasteiger charge is -2.23. The highest BCUT2D eigenvalue weighted by Crippen LogP contribution is 2.39. The number of nitrogens with two attached hydrogens (primary N) is 1. The molecule has 1 amide bonds. The number of rotatable bonds is 4. The topological polar surface area (TPSA) is 127 Å². The number of anilines is 1. The minimum Gasteiger partial charge on any atom is -0.478 e. The minimum atomic E-state index is -1.25. The average Bonchev–Trinajstić information content (AvgIpc) is 2.81. The van der Waals surface area contributed by atoms with Crippen LogP contribution in [0.5, 0.6) is 0 Å². The van der Waals surface area contributed by atoms with Crippen LogP contribution in [-0.2, 0) is 4.79 Å². The van der Waals surface area contributed by atoms with Gasteiger partial charge in [0.05, 0.1) is 15.9 Å². The van der Waals surface area contributed by atoms with Crippen LogP contribution in [0.15, 0.2) is 18.2 Å². The number of para-hydroxylation sites is 1. The molecule has 0 aromatic heterocycles. The SMILES string of the molecule is CC1(C(N)=O)CCN(c2c(C(=O)O)cccc2[N+](=O)[O-])C1. The number of carboxylic acid groups (broad SMARTS) is 1. The van der Waals surface area contributed by atoms with Gasteiger partial charge >= 0.3 is 5.97 Å². The molecule has 21 heavy (non-hydrogen) atoms. The molecule has 0 bridgehead atoms. The molecule has 1 aromatic carbocycles. The van der Waals surface area contributed by atoms with Crippen molar-refractivity contribution < 1.29 is 19.6 Å². The van der Waals surface area contributed by atoms with E-state index < -0.39 is 22.2 Å². The van der Waals surface area contributed by atoms with Crippen LogP contribution >= 0.6 is 0 Å². The molecule has 8 heteroatoms. The number of aromatic carboxylic acids is 1. The summed E-state index contributed by atoms with van der Waals surface area (Å²) in [6.45, 7) is 2.17. The molecule has 1 aliphatic heterocycles. The van der Waals surface area contributed by atoms with Crippen molar-refractivity contribution in [1.82, 2.24) is 0 Å². The van der Waals surface area contributed by atoms with Crippen molar-refractivity contribution in [2.45, 2.75) is 13.3 Å². The number of primary amides is 1. The van der Waals surface area contributed by atoms with Crippen LogP contribution in [0.2, 0.25) is 0 Å². The van der Waals surface area contributed by atoms with E-state index >= 15 is 0 Å². The number of nitrogens with zero attached hydrogens (tertiary/aromatic N) is 2. The molecule has 8 nitrogen and oxygen atoms in total. The molecule has 1 aliphatic rings. The van der Waals surface area contributed by atoms with E-state index in [1.54, 1.807) is 11.8 Å². The Kier molecular flexibility index (Phi) is 3.54. The molecule has 2 rings (SSSR count). The highest BCUT2D eigenvalue weighted by atomic mass is 16.6. The van der Waals surface area contributed by atoms with Crippen molar-refractivity contribution in [2.75, 3.05) is 18.0 Å². The van der Waals surface area contributed by atoms with E-state index in [9.17, 15) is 24.8 Å². The zero-order chi connectivity index (χ0) is 15.8. The molecule has 1 fully saturated rings. The fourth-order valence-corrected chi connectivity index (χ4v) is 2.54. The zero-order valence-corrected chi connectivity index (χ0v) is 11.4. The molecule has 1 unspecified atom stereocenters. The van der Waals surface area contributed by atoms with Gasteiger partial charge in [0.2, 0.25) is 5.91 Å². The summed E-state index contributed by atoms with van der Waals surface area (Å²) in [4.78, 5) is 34.9. The number of benzene rings is 1. The number of hydrogen-bond acceptors (Lipinski definition) is 5. The molecule has 3 N–H and O–H groups in total. The highest BCUT2D eigenvalue weighted by Gasteiger charge is 2.41. The third kappa shape index (κ3) is 2.51. The number of carbonyl (C=O) groups excluding carboxylic acids is 1. The minimum absolute atomic E-state index is 0.0278. The lowest BCUT2D eigenvalue weighted by molar-refractivity contribution is -0.384. The molecule has 0 spiro atoms. The first-order valence-electron chi connectivity index (χ1n) is 6.32. The second-order valence-corrected chi connectivity index (χ2v) is 5.33. The Bertz CT molecular complexity index is 598. The number of carboxylic acids is 1. The summed E-state index contributed by atoms with van der Waals surface area (Å²) >= 11 is 0. The van der Waals surface area contributed by atoms with Gasteiger partial charge in [0.25, 0.3) is 5.69 Å². The molecule has 0 aliphatic carbocycles. The maximum absolute atomic E-state index is 11.5. The molecule has 1 saturated heterocycles. The Morgan fingerprint density at radius 3 is 2.62 bits per heavy atom. The van der Waals surface area contributed by atoms with E-state index in [2.05, 4.69) is 0 Å². The highest BCUT2D eigenvalue weighted by molar-refractivity contribution is 5.97. The van der Waals surface area contributed by atoms with Gasteiger partial charge in [-0.3, -0.25) is 14.9 Å². The van der Waals surface area contributed by atoms with E-state index in [-0.39, 0.29) is 23.5 Å². The van der Waals surface area contributed by atoms with Gasteiger partial charge in [-0.25, -0.2) is 4.79 Å². The summed E-state index contributed by atoms with van der Waals surface area (Å²) in [6, 6.07) is 3.89. The second-order valence-electron chi connectivity index (χ2n) is 5.33. The monoisotopic (exact) mass is 293 g/mol. The van der Waals surface area contributed by atoms with Crippen molar-refractivity contribution in [3.05, 3.63) is 33.9 Å². The normalized spacial score (nSPS) is 21.3. The van der Waals surface area contributed by atoms with Gasteiger partial charge in [0, 0.05) is 19.2 Å². The summed E-state index contributed by atoms with van der Waals surface area (Å²) in [7, 11) is 0. The summed E-state index contributed by atoms with van der Waals surface area (Å²) in [6.07, 6.45) is 0.424. The van der Waals surface area contributed by atoms with Crippen molar-refractivity contribution in [2.24, 2.45) is 11.1 Å². The first kappa shape index (κ1) is 14.8. The fourth-order valence-electron chi connectivity index (χ4n) is 2.54. The molecule has 0 radical (unpaired) electrons. The fraction of sp³-hybridized carbons (Fsp3) is 0.385. The maximum atomic E-state index is 11.5. The van der Waals surface area contributed by atoms with Crippen LogP contribution in [-0.4, -0.2) is 35.0 Å². The standard InChI is InChI=1S/C13H15N3O5/c1-13(12(14)19)5-6-15(7-13)10-8(11(17)18)3-2-4-9(10)16(20)21/h2-4H,5-7H2,1H3,(H2,14,19)(H,17,18). The third-order valence-electron chi connectivity index (χ3n) is 3.83. The summed E-state index contributed by atoms with van der Waals surface area (Å²) < 4.78 is 0. The number of nitro benzene ring substituents is 1. The molecular formula is C13H15N3O5. The first-order chi connectivity index (χ1) is 9.76. The Morgan fingerprint density at radius 1 is 1.48 bits per heavy atom. The van der Waals surface area contributed by atoms with Crippen LogP contribution in [0.4, 0.5) is 11.4 Å². The van der Waals surface area contributed by atoms with Gasteiger partial charge in [-0.15, -0.1) is 0 Å². The number of nitro groups is 1. The lowest BCUT2D eigenvalue weighted by Crippen LogP contribution is -2.37. The van der Waals surface area contributed by atoms with Gasteiger partial charge in [-0.2, -0.15) is 0 Å². The van der Waals surface area contributed by atoms with Crippen LogP contribution in [0.1, 0.15) is 23.7 Å². The quantitative estimate of drug-likeness (QED) is 0.629. The summed E-state index contributed by atoms with van der Waals surface area (Å²) in [5.41, 5.74) is 4.12. The van der Waals surface area contributed by atoms with Gasteiger partial charge < -0.3 is 15.7 Å². The number of hydrogen-bond donors (Lipinski definition) is 2. The first-order valence-corrected chi connectivity index (χ1v) is 6.32. The van der Waals surface area contributed by atoms with Crippen molar-refractivity contribution in [1.29, 1.82) is 0 Å². The third-order valence-corrected chi connectivity index (χ3v) is 3.83. The Hall–Kier alpha value is -2.64. The van der Waals surface area contributed by atoms with Crippen LogP contribution in [0.3, 0.4) is 0 Å². The molecular weight excluding hydrogens is 278 g/mol. The largest absolute Gasteiger partial charge is 0.478 e. The lowest BCUT2D eigenvalue weighted by atomic mass is 9.89. The smallest absolute Gasteiger partial charge is 0.338 e. The van der Waals surface area contributed by atoms with E-state index in [0.29, 0.717) is 13.0 Å². The maximum Gasteiger partial charge on any atom is 0.338 e. The van der Waals surface area contributed by atoms with Gasteiger partial charge in [0.15, 0.2) is 0 Å². The number of carbonyl (C=O) groups is 2. The van der Waals surface area contributed by atoms with E-state index in [0.717, 1.165) is 0 Å². The van der Waals surface area contributed by atoms with Gasteiger partial charge in [0.1, 0.15) is 5.69 Å². The molecule has 0 saturated carbocycles. The van der Waals surface area contributed by atoms with Crippen molar-refractivity contribution >= 4 is 23.3 Å². The second kappa shape index (κ2) is 5.04. The molecule has 112 valence electrons. The zero-order valence-electron chi connectivity index (χ0n) is 11.4. The number of amides is 1. The van der Waals surface area contributed by atoms with Crippen LogP contribution in [0.25, 0.3) is 0 Å². The Balaban J connectivity index is 2.51. The van der Waals surface area contributed by atoms with E-state index in [1.165, 1.54) is 18.2 Å². The molecule has 1 heterocycles. The van der Waals surface area contributed by atoms with Gasteiger partial charge in [-0.05, 0) is 19.4 Å². The summed E-state index contributed by atoms with van der Waals surface area (Å²) in [5, 5.41) is 20.4.